The maximum Gasteiger partial charge on any atom is 0.247 e. The normalized spacial score (nSPS) is 26.5. The molecule has 3 unspecified atom stereocenters. The minimum atomic E-state index is -0.546. The van der Waals surface area contributed by atoms with Crippen LogP contribution < -0.4 is 4.90 Å². The van der Waals surface area contributed by atoms with Gasteiger partial charge in [0.25, 0.3) is 0 Å². The van der Waals surface area contributed by atoms with Crippen LogP contribution in [0.1, 0.15) is 20.3 Å². The Morgan fingerprint density at radius 1 is 1.23 bits per heavy atom. The van der Waals surface area contributed by atoms with E-state index in [1.165, 1.54) is 17.8 Å². The number of amides is 2. The van der Waals surface area contributed by atoms with E-state index in [0.717, 1.165) is 4.90 Å². The summed E-state index contributed by atoms with van der Waals surface area (Å²) < 4.78 is 6.32. The number of morpholine rings is 1. The molecular weight excluding hydrogens is 415 g/mol. The van der Waals surface area contributed by atoms with E-state index in [1.54, 1.807) is 12.1 Å². The number of carbonyl (C=O) groups is 2. The molecule has 2 aliphatic heterocycles. The van der Waals surface area contributed by atoms with Crippen molar-refractivity contribution < 1.29 is 14.3 Å². The van der Waals surface area contributed by atoms with Crippen LogP contribution in [-0.4, -0.2) is 51.6 Å². The minimum Gasteiger partial charge on any atom is -0.372 e. The van der Waals surface area contributed by atoms with Gasteiger partial charge in [0.05, 0.1) is 22.9 Å². The highest BCUT2D eigenvalue weighted by Gasteiger charge is 2.42. The molecule has 0 bridgehead atoms. The summed E-state index contributed by atoms with van der Waals surface area (Å²) in [4.78, 5) is 28.4. The molecule has 1 aromatic rings. The number of hydrogen-bond donors (Lipinski definition) is 0. The van der Waals surface area contributed by atoms with E-state index in [2.05, 4.69) is 0 Å². The molecule has 2 saturated heterocycles. The van der Waals surface area contributed by atoms with Crippen LogP contribution in [0.5, 0.6) is 0 Å². The lowest BCUT2D eigenvalue weighted by Gasteiger charge is -2.36. The predicted molar refractivity (Wildman–Crippen MR) is 109 cm³/mol. The molecule has 0 N–H and O–H groups in total. The quantitative estimate of drug-likeness (QED) is 0.523. The van der Waals surface area contributed by atoms with E-state index >= 15 is 0 Å². The molecule has 140 valence electrons. The summed E-state index contributed by atoms with van der Waals surface area (Å²) in [5, 5.41) is 0.166. The number of thiocarbonyl (C=S) groups is 1. The Kier molecular flexibility index (Phi) is 6.14. The fourth-order valence-electron chi connectivity index (χ4n) is 3.14. The number of ether oxygens (including phenoxy) is 1. The molecule has 2 fully saturated rings. The molecule has 2 aliphatic rings. The molecule has 1 aromatic carbocycles. The molecule has 0 saturated carbocycles. The molecule has 26 heavy (non-hydrogen) atoms. The number of benzene rings is 1. The van der Waals surface area contributed by atoms with Gasteiger partial charge in [-0.15, -0.1) is 0 Å². The Labute approximate surface area is 171 Å². The molecule has 5 nitrogen and oxygen atoms in total. The van der Waals surface area contributed by atoms with Crippen molar-refractivity contribution in [3.63, 3.8) is 0 Å². The zero-order valence-corrected chi connectivity index (χ0v) is 17.4. The Hall–Kier alpha value is -0.860. The first-order valence-electron chi connectivity index (χ1n) is 8.19. The summed E-state index contributed by atoms with van der Waals surface area (Å²) in [7, 11) is 0. The summed E-state index contributed by atoms with van der Waals surface area (Å²) in [6.45, 7) is 5.34. The first kappa shape index (κ1) is 19.9. The van der Waals surface area contributed by atoms with E-state index in [1.807, 2.05) is 18.7 Å². The van der Waals surface area contributed by atoms with Crippen molar-refractivity contribution in [1.29, 1.82) is 0 Å². The number of carbonyl (C=O) groups excluding carboxylic acids is 2. The van der Waals surface area contributed by atoms with Gasteiger partial charge in [-0.25, -0.2) is 4.90 Å². The van der Waals surface area contributed by atoms with Crippen molar-refractivity contribution in [3.05, 3.63) is 28.2 Å². The van der Waals surface area contributed by atoms with Gasteiger partial charge in [0.15, 0.2) is 0 Å². The predicted octanol–water partition coefficient (Wildman–Crippen LogP) is 3.75. The van der Waals surface area contributed by atoms with Gasteiger partial charge in [-0.1, -0.05) is 47.2 Å². The minimum absolute atomic E-state index is 0.0718. The number of thioether (sulfide) groups is 1. The standard InChI is InChI=1S/C17H18Cl2N2O3S2/c1-9-7-20(8-10(2)24-9)17(25)26-14-6-15(22)21(16(14)23)13-4-3-11(18)5-12(13)19/h3-5,9-10,14H,6-8H2,1-2H3. The number of anilines is 1. The van der Waals surface area contributed by atoms with Crippen molar-refractivity contribution in [3.8, 4) is 0 Å². The molecule has 2 heterocycles. The summed E-state index contributed by atoms with van der Waals surface area (Å²) in [5.41, 5.74) is 0.355. The Morgan fingerprint density at radius 2 is 1.88 bits per heavy atom. The van der Waals surface area contributed by atoms with Crippen molar-refractivity contribution in [1.82, 2.24) is 4.90 Å². The van der Waals surface area contributed by atoms with Crippen LogP contribution in [-0.2, 0) is 14.3 Å². The van der Waals surface area contributed by atoms with Crippen LogP contribution in [0.3, 0.4) is 0 Å². The van der Waals surface area contributed by atoms with Gasteiger partial charge in [-0.2, -0.15) is 0 Å². The third kappa shape index (κ3) is 4.17. The fourth-order valence-corrected chi connectivity index (χ4v) is 5.10. The van der Waals surface area contributed by atoms with E-state index < -0.39 is 5.25 Å². The second-order valence-corrected chi connectivity index (χ2v) is 9.08. The smallest absolute Gasteiger partial charge is 0.247 e. The van der Waals surface area contributed by atoms with Crippen LogP contribution in [0, 0.1) is 0 Å². The molecule has 0 radical (unpaired) electrons. The van der Waals surface area contributed by atoms with Gasteiger partial charge in [-0.3, -0.25) is 9.59 Å². The number of hydrogen-bond acceptors (Lipinski definition) is 5. The van der Waals surface area contributed by atoms with Gasteiger partial charge in [0, 0.05) is 24.5 Å². The van der Waals surface area contributed by atoms with E-state index in [9.17, 15) is 9.59 Å². The first-order chi connectivity index (χ1) is 12.3. The van der Waals surface area contributed by atoms with Gasteiger partial charge in [0.1, 0.15) is 9.57 Å². The molecule has 0 aromatic heterocycles. The third-order valence-corrected chi connectivity index (χ3v) is 6.37. The summed E-state index contributed by atoms with van der Waals surface area (Å²) in [6, 6.07) is 4.70. The monoisotopic (exact) mass is 432 g/mol. The number of halogens is 2. The fraction of sp³-hybridized carbons (Fsp3) is 0.471. The molecule has 3 rings (SSSR count). The van der Waals surface area contributed by atoms with E-state index in [-0.39, 0.29) is 35.5 Å². The van der Waals surface area contributed by atoms with E-state index in [4.69, 9.17) is 40.2 Å². The molecule has 0 spiro atoms. The maximum atomic E-state index is 12.8. The van der Waals surface area contributed by atoms with Crippen LogP contribution in [0.2, 0.25) is 10.0 Å². The lowest BCUT2D eigenvalue weighted by Crippen LogP contribution is -2.47. The largest absolute Gasteiger partial charge is 0.372 e. The van der Waals surface area contributed by atoms with Gasteiger partial charge in [-0.05, 0) is 32.0 Å². The number of nitrogens with zero attached hydrogens (tertiary/aromatic N) is 2. The highest BCUT2D eigenvalue weighted by atomic mass is 35.5. The Morgan fingerprint density at radius 3 is 2.50 bits per heavy atom. The molecule has 2 amide bonds. The Bertz CT molecular complexity index is 752. The van der Waals surface area contributed by atoms with Gasteiger partial charge in [0.2, 0.25) is 11.8 Å². The van der Waals surface area contributed by atoms with Crippen LogP contribution >= 0.6 is 47.2 Å². The Balaban J connectivity index is 1.71. The first-order valence-corrected chi connectivity index (χ1v) is 10.2. The van der Waals surface area contributed by atoms with Crippen LogP contribution in [0.25, 0.3) is 0 Å². The maximum absolute atomic E-state index is 12.8. The topological polar surface area (TPSA) is 49.9 Å². The average molecular weight is 433 g/mol. The average Bonchev–Trinajstić information content (AvgIpc) is 2.81. The summed E-state index contributed by atoms with van der Waals surface area (Å²) in [5.74, 6) is -0.593. The summed E-state index contributed by atoms with van der Waals surface area (Å²) in [6.07, 6.45) is 0.239. The highest BCUT2D eigenvalue weighted by molar-refractivity contribution is 8.23. The van der Waals surface area contributed by atoms with E-state index in [0.29, 0.717) is 28.1 Å². The molecular formula is C17H18Cl2N2O3S2. The molecule has 3 atom stereocenters. The van der Waals surface area contributed by atoms with Crippen LogP contribution in [0.15, 0.2) is 18.2 Å². The van der Waals surface area contributed by atoms with Gasteiger partial charge >= 0.3 is 0 Å². The third-order valence-electron chi connectivity index (χ3n) is 4.18. The number of imide groups is 1. The van der Waals surface area contributed by atoms with Gasteiger partial charge < -0.3 is 9.64 Å². The second kappa shape index (κ2) is 8.02. The second-order valence-electron chi connectivity index (χ2n) is 6.40. The zero-order chi connectivity index (χ0) is 19.0. The lowest BCUT2D eigenvalue weighted by atomic mass is 10.2. The van der Waals surface area contributed by atoms with Crippen molar-refractivity contribution >= 4 is 69.0 Å². The summed E-state index contributed by atoms with van der Waals surface area (Å²) >= 11 is 18.8. The number of rotatable bonds is 2. The van der Waals surface area contributed by atoms with Crippen LogP contribution in [0.4, 0.5) is 5.69 Å². The van der Waals surface area contributed by atoms with Crippen molar-refractivity contribution in [2.75, 3.05) is 18.0 Å². The van der Waals surface area contributed by atoms with Crippen molar-refractivity contribution in [2.24, 2.45) is 0 Å². The highest BCUT2D eigenvalue weighted by Crippen LogP contribution is 2.36. The lowest BCUT2D eigenvalue weighted by molar-refractivity contribution is -0.121. The SMILES string of the molecule is CC1CN(C(=S)SC2CC(=O)N(c3ccc(Cl)cc3Cl)C2=O)CC(C)O1. The zero-order valence-electron chi connectivity index (χ0n) is 14.3. The molecule has 9 heteroatoms. The van der Waals surface area contributed by atoms with Crippen molar-refractivity contribution in [2.45, 2.75) is 37.7 Å². The molecule has 0 aliphatic carbocycles.